The second-order valence-corrected chi connectivity index (χ2v) is 14.5. The van der Waals surface area contributed by atoms with Gasteiger partial charge in [-0.2, -0.15) is 0 Å². The molecule has 0 fully saturated rings. The molecule has 0 aromatic rings. The topological polar surface area (TPSA) is 48.0 Å². The summed E-state index contributed by atoms with van der Waals surface area (Å²) in [5.74, 6) is -0.120. The highest BCUT2D eigenvalue weighted by Gasteiger charge is 2.29. The van der Waals surface area contributed by atoms with Crippen LogP contribution in [0, 0.1) is 0 Å². The number of carbonyl (C=O) groups excluding carboxylic acids is 1. The Morgan fingerprint density at radius 2 is 1.81 bits per heavy atom. The molecule has 21 heavy (non-hydrogen) atoms. The molecule has 1 unspecified atom stereocenters. The molecule has 0 rings (SSSR count). The van der Waals surface area contributed by atoms with Gasteiger partial charge in [0.25, 0.3) is 0 Å². The number of carbonyl (C=O) groups is 1. The SMILES string of the molecule is CCCO[Si](C)(CCCN(C)CC(=O)O[Si](C)(C)C)OC. The molecule has 0 spiro atoms. The second kappa shape index (κ2) is 9.73. The van der Waals surface area contributed by atoms with E-state index >= 15 is 0 Å². The van der Waals surface area contributed by atoms with Crippen molar-refractivity contribution in [3.63, 3.8) is 0 Å². The van der Waals surface area contributed by atoms with Crippen LogP contribution in [0.3, 0.4) is 0 Å². The van der Waals surface area contributed by atoms with Crippen LogP contribution in [0.25, 0.3) is 0 Å². The van der Waals surface area contributed by atoms with Crippen LogP contribution < -0.4 is 0 Å². The van der Waals surface area contributed by atoms with E-state index in [1.807, 2.05) is 31.6 Å². The summed E-state index contributed by atoms with van der Waals surface area (Å²) < 4.78 is 16.9. The Morgan fingerprint density at radius 3 is 2.29 bits per heavy atom. The van der Waals surface area contributed by atoms with Crippen LogP contribution in [0.2, 0.25) is 32.2 Å². The quantitative estimate of drug-likeness (QED) is 0.543. The van der Waals surface area contributed by atoms with E-state index < -0.39 is 16.9 Å². The highest BCUT2D eigenvalue weighted by atomic mass is 28.4. The van der Waals surface area contributed by atoms with Crippen LogP contribution in [0.1, 0.15) is 19.8 Å². The van der Waals surface area contributed by atoms with Crippen LogP contribution in [-0.2, 0) is 18.1 Å². The molecule has 0 radical (unpaired) electrons. The first-order valence-corrected chi connectivity index (χ1v) is 13.6. The van der Waals surface area contributed by atoms with Crippen LogP contribution >= 0.6 is 0 Å². The average Bonchev–Trinajstić information content (AvgIpc) is 2.33. The Morgan fingerprint density at radius 1 is 1.19 bits per heavy atom. The van der Waals surface area contributed by atoms with Crippen molar-refractivity contribution < 1.29 is 18.1 Å². The van der Waals surface area contributed by atoms with Crippen molar-refractivity contribution in [2.24, 2.45) is 0 Å². The summed E-state index contributed by atoms with van der Waals surface area (Å²) in [7, 11) is -0.122. The lowest BCUT2D eigenvalue weighted by atomic mass is 10.4. The van der Waals surface area contributed by atoms with E-state index in [0.29, 0.717) is 6.54 Å². The zero-order chi connectivity index (χ0) is 16.5. The minimum Gasteiger partial charge on any atom is -0.519 e. The van der Waals surface area contributed by atoms with E-state index in [4.69, 9.17) is 13.3 Å². The highest BCUT2D eigenvalue weighted by molar-refractivity contribution is 6.71. The fraction of sp³-hybridized carbons (Fsp3) is 0.929. The van der Waals surface area contributed by atoms with Gasteiger partial charge in [-0.3, -0.25) is 9.69 Å². The first-order chi connectivity index (χ1) is 9.62. The molecule has 1 atom stereocenters. The standard InChI is InChI=1S/C14H33NO4Si2/c1-8-11-18-21(7,17-3)12-9-10-15(2)13-14(16)19-20(4,5)6/h8-13H2,1-7H3. The molecule has 0 amide bonds. The maximum atomic E-state index is 11.8. The summed E-state index contributed by atoms with van der Waals surface area (Å²) in [6.07, 6.45) is 1.98. The van der Waals surface area contributed by atoms with Gasteiger partial charge in [-0.05, 0) is 58.7 Å². The lowest BCUT2D eigenvalue weighted by molar-refractivity contribution is -0.136. The van der Waals surface area contributed by atoms with Gasteiger partial charge in [0.1, 0.15) is 0 Å². The minimum atomic E-state index is -2.03. The van der Waals surface area contributed by atoms with Gasteiger partial charge in [-0.15, -0.1) is 0 Å². The first kappa shape index (κ1) is 20.8. The summed E-state index contributed by atoms with van der Waals surface area (Å²) in [6, 6.07) is 0.941. The van der Waals surface area contributed by atoms with Gasteiger partial charge in [0.05, 0.1) is 6.54 Å². The van der Waals surface area contributed by atoms with Gasteiger partial charge < -0.3 is 13.3 Å². The van der Waals surface area contributed by atoms with Gasteiger partial charge >= 0.3 is 14.5 Å². The molecule has 0 aliphatic heterocycles. The molecule has 0 aliphatic rings. The van der Waals surface area contributed by atoms with Crippen molar-refractivity contribution in [2.75, 3.05) is 33.9 Å². The van der Waals surface area contributed by atoms with Crippen LogP contribution in [0.5, 0.6) is 0 Å². The van der Waals surface area contributed by atoms with Gasteiger partial charge in [-0.25, -0.2) is 0 Å². The third-order valence-corrected chi connectivity index (χ3v) is 6.81. The van der Waals surface area contributed by atoms with Crippen LogP contribution in [0.4, 0.5) is 0 Å². The molecule has 5 nitrogen and oxygen atoms in total. The van der Waals surface area contributed by atoms with Crippen molar-refractivity contribution in [3.05, 3.63) is 0 Å². The normalized spacial score (nSPS) is 15.0. The molecule has 0 bridgehead atoms. The van der Waals surface area contributed by atoms with Crippen molar-refractivity contribution in [2.45, 2.75) is 52.0 Å². The predicted molar refractivity (Wildman–Crippen MR) is 91.2 cm³/mol. The van der Waals surface area contributed by atoms with E-state index in [9.17, 15) is 4.79 Å². The number of likely N-dealkylation sites (N-methyl/N-ethyl adjacent to an activating group) is 1. The Bertz CT molecular complexity index is 310. The maximum absolute atomic E-state index is 11.8. The lowest BCUT2D eigenvalue weighted by Gasteiger charge is -2.26. The molecule has 7 heteroatoms. The molecule has 0 aromatic carbocycles. The molecule has 0 heterocycles. The first-order valence-electron chi connectivity index (χ1n) is 7.71. The Balaban J connectivity index is 4.02. The summed E-state index contributed by atoms with van der Waals surface area (Å²) in [5, 5.41) is 0. The molecule has 0 aliphatic carbocycles. The monoisotopic (exact) mass is 335 g/mol. The predicted octanol–water partition coefficient (Wildman–Crippen LogP) is 2.83. The van der Waals surface area contributed by atoms with Gasteiger partial charge in [-0.1, -0.05) is 6.92 Å². The molecular weight excluding hydrogens is 302 g/mol. The number of hydrogen-bond donors (Lipinski definition) is 0. The molecule has 0 saturated heterocycles. The van der Waals surface area contributed by atoms with Crippen LogP contribution in [0.15, 0.2) is 0 Å². The third-order valence-electron chi connectivity index (χ3n) is 3.03. The van der Waals surface area contributed by atoms with Crippen molar-refractivity contribution >= 4 is 22.8 Å². The largest absolute Gasteiger partial charge is 0.519 e. The zero-order valence-electron chi connectivity index (χ0n) is 14.8. The third kappa shape index (κ3) is 11.1. The van der Waals surface area contributed by atoms with Gasteiger partial charge in [0.2, 0.25) is 8.32 Å². The van der Waals surface area contributed by atoms with Gasteiger partial charge in [0.15, 0.2) is 0 Å². The summed E-state index contributed by atoms with van der Waals surface area (Å²) in [4.78, 5) is 13.8. The highest BCUT2D eigenvalue weighted by Crippen LogP contribution is 2.15. The molecular formula is C14H33NO4Si2. The van der Waals surface area contributed by atoms with Crippen molar-refractivity contribution in [3.8, 4) is 0 Å². The maximum Gasteiger partial charge on any atom is 0.334 e. The lowest BCUT2D eigenvalue weighted by Crippen LogP contribution is -2.39. The van der Waals surface area contributed by atoms with E-state index in [0.717, 1.165) is 32.0 Å². The molecule has 0 saturated carbocycles. The van der Waals surface area contributed by atoms with E-state index in [2.05, 4.69) is 13.5 Å². The minimum absolute atomic E-state index is 0.120. The van der Waals surface area contributed by atoms with E-state index in [1.54, 1.807) is 7.11 Å². The van der Waals surface area contributed by atoms with Crippen molar-refractivity contribution in [1.29, 1.82) is 0 Å². The Labute approximate surface area is 132 Å². The summed E-state index contributed by atoms with van der Waals surface area (Å²) in [5.41, 5.74) is 0. The average molecular weight is 336 g/mol. The van der Waals surface area contributed by atoms with E-state index in [-0.39, 0.29) is 5.97 Å². The number of nitrogens with zero attached hydrogens (tertiary/aromatic N) is 1. The van der Waals surface area contributed by atoms with Crippen LogP contribution in [-0.4, -0.2) is 61.6 Å². The van der Waals surface area contributed by atoms with E-state index in [1.165, 1.54) is 0 Å². The smallest absolute Gasteiger partial charge is 0.334 e. The molecule has 0 aromatic heterocycles. The summed E-state index contributed by atoms with van der Waals surface area (Å²) in [6.45, 7) is 12.2. The summed E-state index contributed by atoms with van der Waals surface area (Å²) >= 11 is 0. The molecule has 0 N–H and O–H groups in total. The fourth-order valence-corrected chi connectivity index (χ4v) is 4.54. The number of rotatable bonds is 11. The number of hydrogen-bond acceptors (Lipinski definition) is 5. The van der Waals surface area contributed by atoms with Crippen molar-refractivity contribution in [1.82, 2.24) is 4.90 Å². The Kier molecular flexibility index (Phi) is 9.63. The zero-order valence-corrected chi connectivity index (χ0v) is 16.8. The second-order valence-electron chi connectivity index (χ2n) is 6.61. The molecule has 126 valence electrons. The Hall–Kier alpha value is -0.216. The van der Waals surface area contributed by atoms with Gasteiger partial charge in [0, 0.05) is 13.7 Å². The fourth-order valence-electron chi connectivity index (χ4n) is 1.89.